The molecule has 0 saturated heterocycles. The van der Waals surface area contributed by atoms with Gasteiger partial charge in [0, 0.05) is 10.0 Å². The molecular formula is C13H12Cl4. The quantitative estimate of drug-likeness (QED) is 0.694. The van der Waals surface area contributed by atoms with Gasteiger partial charge in [0.05, 0.1) is 0 Å². The lowest BCUT2D eigenvalue weighted by Gasteiger charge is -2.04. The summed E-state index contributed by atoms with van der Waals surface area (Å²) in [5, 5.41) is 1.41. The molecule has 0 N–H and O–H groups in total. The van der Waals surface area contributed by atoms with E-state index in [1.54, 1.807) is 6.07 Å². The van der Waals surface area contributed by atoms with Gasteiger partial charge in [0.25, 0.3) is 0 Å². The van der Waals surface area contributed by atoms with Gasteiger partial charge in [-0.25, -0.2) is 0 Å². The average Bonchev–Trinajstić information content (AvgIpc) is 2.24. The van der Waals surface area contributed by atoms with Gasteiger partial charge in [-0.05, 0) is 29.7 Å². The van der Waals surface area contributed by atoms with E-state index in [9.17, 15) is 0 Å². The van der Waals surface area contributed by atoms with E-state index in [0.29, 0.717) is 5.02 Å². The van der Waals surface area contributed by atoms with Crippen LogP contribution in [0.2, 0.25) is 10.0 Å². The molecule has 0 unspecified atom stereocenters. The maximum absolute atomic E-state index is 6.09. The van der Waals surface area contributed by atoms with Crippen LogP contribution in [0.3, 0.4) is 0 Å². The minimum absolute atomic E-state index is 0. The van der Waals surface area contributed by atoms with Crippen molar-refractivity contribution < 1.29 is 0 Å². The summed E-state index contributed by atoms with van der Waals surface area (Å²) in [7, 11) is 0. The van der Waals surface area contributed by atoms with Gasteiger partial charge in [0.2, 0.25) is 0 Å². The number of benzene rings is 2. The van der Waals surface area contributed by atoms with Crippen molar-refractivity contribution in [3.05, 3.63) is 69.7 Å². The zero-order valence-electron chi connectivity index (χ0n) is 8.90. The molecule has 0 nitrogen and oxygen atoms in total. The smallest absolute Gasteiger partial charge is 0.0456 e. The van der Waals surface area contributed by atoms with Crippen molar-refractivity contribution in [3.63, 3.8) is 0 Å². The first-order valence-corrected chi connectivity index (χ1v) is 5.49. The Hall–Kier alpha value is -0.400. The fourth-order valence-electron chi connectivity index (χ4n) is 1.48. The highest BCUT2D eigenvalue weighted by Crippen LogP contribution is 2.23. The van der Waals surface area contributed by atoms with Crippen LogP contribution >= 0.6 is 48.0 Å². The molecule has 92 valence electrons. The first kappa shape index (κ1) is 16.6. The van der Waals surface area contributed by atoms with E-state index >= 15 is 0 Å². The molecule has 0 atom stereocenters. The molecule has 0 amide bonds. The van der Waals surface area contributed by atoms with Crippen LogP contribution in [0.1, 0.15) is 11.1 Å². The standard InChI is InChI=1S/C13H10Cl2.2ClH/c14-12-7-6-11(13(15)9-12)8-10-4-2-1-3-5-10;;/h1-7,9H,8H2;2*1H. The van der Waals surface area contributed by atoms with E-state index < -0.39 is 0 Å². The molecule has 2 aromatic carbocycles. The number of hydrogen-bond donors (Lipinski definition) is 0. The van der Waals surface area contributed by atoms with E-state index in [2.05, 4.69) is 12.1 Å². The van der Waals surface area contributed by atoms with Crippen molar-refractivity contribution in [1.29, 1.82) is 0 Å². The first-order valence-electron chi connectivity index (χ1n) is 4.73. The van der Waals surface area contributed by atoms with E-state index in [4.69, 9.17) is 23.2 Å². The molecule has 0 bridgehead atoms. The van der Waals surface area contributed by atoms with E-state index in [0.717, 1.165) is 17.0 Å². The molecule has 2 rings (SSSR count). The van der Waals surface area contributed by atoms with Crippen LogP contribution in [0.25, 0.3) is 0 Å². The van der Waals surface area contributed by atoms with Gasteiger partial charge in [-0.3, -0.25) is 0 Å². The highest BCUT2D eigenvalue weighted by Gasteiger charge is 2.01. The zero-order chi connectivity index (χ0) is 10.7. The normalized spacial score (nSPS) is 9.06. The van der Waals surface area contributed by atoms with Crippen molar-refractivity contribution in [3.8, 4) is 0 Å². The summed E-state index contributed by atoms with van der Waals surface area (Å²) in [6.07, 6.45) is 0.844. The molecule has 0 aliphatic rings. The van der Waals surface area contributed by atoms with Crippen LogP contribution in [-0.4, -0.2) is 0 Å². The van der Waals surface area contributed by atoms with E-state index in [-0.39, 0.29) is 24.8 Å². The van der Waals surface area contributed by atoms with Crippen LogP contribution in [0.5, 0.6) is 0 Å². The highest BCUT2D eigenvalue weighted by atomic mass is 35.5. The van der Waals surface area contributed by atoms with Crippen molar-refractivity contribution in [2.75, 3.05) is 0 Å². The third kappa shape index (κ3) is 4.77. The maximum Gasteiger partial charge on any atom is 0.0456 e. The van der Waals surface area contributed by atoms with Gasteiger partial charge in [-0.1, -0.05) is 59.6 Å². The number of hydrogen-bond acceptors (Lipinski definition) is 0. The third-order valence-corrected chi connectivity index (χ3v) is 2.84. The molecule has 0 aliphatic heterocycles. The second-order valence-electron chi connectivity index (χ2n) is 3.40. The second-order valence-corrected chi connectivity index (χ2v) is 4.24. The monoisotopic (exact) mass is 308 g/mol. The topological polar surface area (TPSA) is 0 Å². The van der Waals surface area contributed by atoms with Crippen molar-refractivity contribution in [2.45, 2.75) is 6.42 Å². The predicted molar refractivity (Wildman–Crippen MR) is 80.2 cm³/mol. The molecule has 0 aliphatic carbocycles. The second kappa shape index (κ2) is 7.84. The largest absolute Gasteiger partial charge is 0.147 e. The summed E-state index contributed by atoms with van der Waals surface area (Å²) < 4.78 is 0. The van der Waals surface area contributed by atoms with Gasteiger partial charge < -0.3 is 0 Å². The first-order chi connectivity index (χ1) is 7.25. The molecule has 4 heteroatoms. The van der Waals surface area contributed by atoms with Crippen molar-refractivity contribution >= 4 is 48.0 Å². The Balaban J connectivity index is 0.00000128. The lowest BCUT2D eigenvalue weighted by atomic mass is 10.1. The van der Waals surface area contributed by atoms with Crippen LogP contribution in [0, 0.1) is 0 Å². The molecule has 0 radical (unpaired) electrons. The van der Waals surface area contributed by atoms with Gasteiger partial charge in [-0.15, -0.1) is 24.8 Å². The van der Waals surface area contributed by atoms with E-state index in [1.807, 2.05) is 30.3 Å². The minimum Gasteiger partial charge on any atom is -0.147 e. The SMILES string of the molecule is Cl.Cl.Clc1ccc(Cc2ccccc2)c(Cl)c1. The van der Waals surface area contributed by atoms with Gasteiger partial charge in [0.1, 0.15) is 0 Å². The predicted octanol–water partition coefficient (Wildman–Crippen LogP) is 5.43. The molecular weight excluding hydrogens is 298 g/mol. The third-order valence-electron chi connectivity index (χ3n) is 2.25. The summed E-state index contributed by atoms with van der Waals surface area (Å²) in [4.78, 5) is 0. The highest BCUT2D eigenvalue weighted by molar-refractivity contribution is 6.35. The minimum atomic E-state index is 0. The summed E-state index contributed by atoms with van der Waals surface area (Å²) >= 11 is 11.9. The lowest BCUT2D eigenvalue weighted by molar-refractivity contribution is 1.19. The zero-order valence-corrected chi connectivity index (χ0v) is 12.0. The molecule has 0 spiro atoms. The molecule has 0 fully saturated rings. The lowest BCUT2D eigenvalue weighted by Crippen LogP contribution is -1.88. The Morgan fingerprint density at radius 2 is 1.47 bits per heavy atom. The molecule has 0 heterocycles. The van der Waals surface area contributed by atoms with E-state index in [1.165, 1.54) is 5.56 Å². The Kier molecular flexibility index (Phi) is 7.65. The van der Waals surface area contributed by atoms with Gasteiger partial charge in [-0.2, -0.15) is 0 Å². The Bertz CT molecular complexity index is 454. The van der Waals surface area contributed by atoms with Crippen LogP contribution in [0.15, 0.2) is 48.5 Å². The average molecular weight is 310 g/mol. The summed E-state index contributed by atoms with van der Waals surface area (Å²) in [6, 6.07) is 15.9. The fourth-order valence-corrected chi connectivity index (χ4v) is 1.96. The Morgan fingerprint density at radius 3 is 2.06 bits per heavy atom. The molecule has 17 heavy (non-hydrogen) atoms. The summed E-state index contributed by atoms with van der Waals surface area (Å²) in [5.74, 6) is 0. The van der Waals surface area contributed by atoms with Crippen LogP contribution < -0.4 is 0 Å². The van der Waals surface area contributed by atoms with Crippen molar-refractivity contribution in [1.82, 2.24) is 0 Å². The van der Waals surface area contributed by atoms with Crippen LogP contribution in [0.4, 0.5) is 0 Å². The molecule has 0 aromatic heterocycles. The molecule has 2 aromatic rings. The maximum atomic E-state index is 6.09. The fraction of sp³-hybridized carbons (Fsp3) is 0.0769. The summed E-state index contributed by atoms with van der Waals surface area (Å²) in [6.45, 7) is 0. The number of halogens is 4. The Labute approximate surface area is 124 Å². The van der Waals surface area contributed by atoms with Crippen molar-refractivity contribution in [2.24, 2.45) is 0 Å². The molecule has 0 saturated carbocycles. The van der Waals surface area contributed by atoms with Gasteiger partial charge >= 0.3 is 0 Å². The van der Waals surface area contributed by atoms with Gasteiger partial charge in [0.15, 0.2) is 0 Å². The Morgan fingerprint density at radius 1 is 0.824 bits per heavy atom. The number of rotatable bonds is 2. The van der Waals surface area contributed by atoms with Crippen LogP contribution in [-0.2, 0) is 6.42 Å². The summed E-state index contributed by atoms with van der Waals surface area (Å²) in [5.41, 5.74) is 2.36.